The van der Waals surface area contributed by atoms with Crippen molar-refractivity contribution in [3.8, 4) is 0 Å². The van der Waals surface area contributed by atoms with Crippen LogP contribution in [-0.4, -0.2) is 26.6 Å². The number of rotatable bonds is 7. The highest BCUT2D eigenvalue weighted by molar-refractivity contribution is 7.99. The molecule has 0 saturated heterocycles. The molecule has 8 nitrogen and oxygen atoms in total. The van der Waals surface area contributed by atoms with Crippen molar-refractivity contribution in [3.05, 3.63) is 90.8 Å². The molecule has 154 valence electrons. The van der Waals surface area contributed by atoms with Gasteiger partial charge in [0.05, 0.1) is 10.7 Å². The van der Waals surface area contributed by atoms with Gasteiger partial charge in [0.1, 0.15) is 0 Å². The molecule has 0 radical (unpaired) electrons. The van der Waals surface area contributed by atoms with Crippen LogP contribution in [0.15, 0.2) is 58.5 Å². The summed E-state index contributed by atoms with van der Waals surface area (Å²) in [7, 11) is 0. The number of nitro benzene ring substituents is 1. The van der Waals surface area contributed by atoms with E-state index in [1.54, 1.807) is 13.0 Å². The topological polar surface area (TPSA) is 118 Å². The molecule has 1 aromatic heterocycles. The Labute approximate surface area is 180 Å². The van der Waals surface area contributed by atoms with Crippen molar-refractivity contribution in [2.45, 2.75) is 18.5 Å². The Morgan fingerprint density at radius 1 is 1.23 bits per heavy atom. The predicted molar refractivity (Wildman–Crippen MR) is 116 cm³/mol. The molecule has 0 spiro atoms. The Kier molecular flexibility index (Phi) is 6.86. The fourth-order valence-corrected chi connectivity index (χ4v) is 3.60. The number of anilines is 1. The molecule has 10 heteroatoms. The zero-order chi connectivity index (χ0) is 21.7. The highest BCUT2D eigenvalue weighted by Gasteiger charge is 2.13. The third kappa shape index (κ3) is 5.46. The number of hydrogen-bond acceptors (Lipinski definition) is 6. The maximum atomic E-state index is 12.5. The Balaban J connectivity index is 1.63. The van der Waals surface area contributed by atoms with E-state index >= 15 is 0 Å². The molecule has 0 bridgehead atoms. The van der Waals surface area contributed by atoms with Crippen molar-refractivity contribution in [2.75, 3.05) is 11.1 Å². The minimum atomic E-state index is -0.513. The molecular formula is C20H17ClN4O4S. The van der Waals surface area contributed by atoms with E-state index in [2.05, 4.69) is 15.3 Å². The first-order valence-electron chi connectivity index (χ1n) is 8.84. The van der Waals surface area contributed by atoms with Crippen LogP contribution >= 0.6 is 23.4 Å². The molecule has 0 fully saturated rings. The lowest BCUT2D eigenvalue weighted by molar-refractivity contribution is -0.384. The summed E-state index contributed by atoms with van der Waals surface area (Å²) in [6.45, 7) is 1.74. The number of hydrogen-bond donors (Lipinski definition) is 2. The van der Waals surface area contributed by atoms with E-state index in [1.807, 2.05) is 18.2 Å². The minimum Gasteiger partial charge on any atom is -0.325 e. The predicted octanol–water partition coefficient (Wildman–Crippen LogP) is 3.96. The second kappa shape index (κ2) is 9.55. The molecule has 3 aromatic rings. The van der Waals surface area contributed by atoms with Crippen LogP contribution < -0.4 is 10.9 Å². The summed E-state index contributed by atoms with van der Waals surface area (Å²) in [6, 6.07) is 12.8. The average Bonchev–Trinajstić information content (AvgIpc) is 2.71. The van der Waals surface area contributed by atoms with Crippen molar-refractivity contribution in [2.24, 2.45) is 0 Å². The molecule has 0 aliphatic carbocycles. The normalized spacial score (nSPS) is 10.6. The number of nitro groups is 1. The van der Waals surface area contributed by atoms with Crippen LogP contribution in [0.2, 0.25) is 5.02 Å². The van der Waals surface area contributed by atoms with Crippen LogP contribution in [0.3, 0.4) is 0 Å². The van der Waals surface area contributed by atoms with Gasteiger partial charge in [-0.25, -0.2) is 4.98 Å². The second-order valence-corrected chi connectivity index (χ2v) is 7.72. The number of aromatic amines is 1. The summed E-state index contributed by atoms with van der Waals surface area (Å²) in [6.07, 6.45) is 0.361. The van der Waals surface area contributed by atoms with Gasteiger partial charge in [0.2, 0.25) is 5.91 Å². The van der Waals surface area contributed by atoms with Gasteiger partial charge in [0.15, 0.2) is 5.16 Å². The van der Waals surface area contributed by atoms with Crippen molar-refractivity contribution >= 4 is 40.6 Å². The third-order valence-electron chi connectivity index (χ3n) is 4.23. The van der Waals surface area contributed by atoms with Gasteiger partial charge in [0.25, 0.3) is 11.2 Å². The van der Waals surface area contributed by atoms with Crippen LogP contribution in [0.4, 0.5) is 11.4 Å². The Morgan fingerprint density at radius 3 is 2.57 bits per heavy atom. The largest absolute Gasteiger partial charge is 0.325 e. The maximum absolute atomic E-state index is 12.5. The fraction of sp³-hybridized carbons (Fsp3) is 0.150. The first-order valence-corrected chi connectivity index (χ1v) is 10.2. The highest BCUT2D eigenvalue weighted by atomic mass is 35.5. The van der Waals surface area contributed by atoms with E-state index in [0.29, 0.717) is 33.5 Å². The first-order chi connectivity index (χ1) is 14.3. The van der Waals surface area contributed by atoms with Gasteiger partial charge in [-0.15, -0.1) is 0 Å². The summed E-state index contributed by atoms with van der Waals surface area (Å²) in [5.74, 6) is -0.308. The van der Waals surface area contributed by atoms with Gasteiger partial charge < -0.3 is 10.3 Å². The lowest BCUT2D eigenvalue weighted by Crippen LogP contribution is -2.19. The van der Waals surface area contributed by atoms with Gasteiger partial charge in [-0.2, -0.15) is 0 Å². The quantitative estimate of drug-likeness (QED) is 0.246. The van der Waals surface area contributed by atoms with Crippen LogP contribution in [0.5, 0.6) is 0 Å². The molecular weight excluding hydrogens is 428 g/mol. The van der Waals surface area contributed by atoms with Gasteiger partial charge in [-0.05, 0) is 30.7 Å². The number of non-ortho nitro benzene ring substituents is 1. The number of thioether (sulfide) groups is 1. The second-order valence-electron chi connectivity index (χ2n) is 6.34. The van der Waals surface area contributed by atoms with Crippen molar-refractivity contribution < 1.29 is 9.72 Å². The maximum Gasteiger partial charge on any atom is 0.269 e. The van der Waals surface area contributed by atoms with E-state index in [4.69, 9.17) is 11.6 Å². The number of benzene rings is 2. The van der Waals surface area contributed by atoms with E-state index < -0.39 is 4.92 Å². The average molecular weight is 445 g/mol. The number of aromatic nitrogens is 2. The van der Waals surface area contributed by atoms with Gasteiger partial charge >= 0.3 is 0 Å². The van der Waals surface area contributed by atoms with E-state index in [-0.39, 0.29) is 22.9 Å². The lowest BCUT2D eigenvalue weighted by Gasteiger charge is -2.09. The van der Waals surface area contributed by atoms with Gasteiger partial charge in [-0.1, -0.05) is 41.6 Å². The Morgan fingerprint density at radius 2 is 1.93 bits per heavy atom. The standard InChI is InChI=1S/C20H17ClN4O4S/c1-12-16(10-13-4-2-3-5-17(13)21)19(27)24-20(22-12)30-11-18(26)23-14-6-8-15(9-7-14)25(28)29/h2-9H,10-11H2,1H3,(H,23,26)(H,22,24,27). The SMILES string of the molecule is Cc1nc(SCC(=O)Nc2ccc([N+](=O)[O-])cc2)[nH]c(=O)c1Cc1ccccc1Cl. The van der Waals surface area contributed by atoms with E-state index in [0.717, 1.165) is 17.3 Å². The fourth-order valence-electron chi connectivity index (χ4n) is 2.69. The molecule has 3 rings (SSSR count). The third-order valence-corrected chi connectivity index (χ3v) is 5.47. The minimum absolute atomic E-state index is 0.0171. The zero-order valence-electron chi connectivity index (χ0n) is 15.8. The molecule has 1 amide bonds. The number of amides is 1. The number of halogens is 1. The van der Waals surface area contributed by atoms with Crippen LogP contribution in [-0.2, 0) is 11.2 Å². The Hall–Kier alpha value is -3.17. The molecule has 0 unspecified atom stereocenters. The van der Waals surface area contributed by atoms with Crippen molar-refractivity contribution in [3.63, 3.8) is 0 Å². The number of nitrogens with one attached hydrogen (secondary N) is 2. The number of carbonyl (C=O) groups excluding carboxylic acids is 1. The summed E-state index contributed by atoms with van der Waals surface area (Å²) in [4.78, 5) is 41.8. The Bertz CT molecular complexity index is 1150. The molecule has 30 heavy (non-hydrogen) atoms. The summed E-state index contributed by atoms with van der Waals surface area (Å²) >= 11 is 7.26. The van der Waals surface area contributed by atoms with E-state index in [1.165, 1.54) is 24.3 Å². The smallest absolute Gasteiger partial charge is 0.269 e. The van der Waals surface area contributed by atoms with Crippen molar-refractivity contribution in [1.29, 1.82) is 0 Å². The summed E-state index contributed by atoms with van der Waals surface area (Å²) < 4.78 is 0. The number of H-pyrrole nitrogens is 1. The zero-order valence-corrected chi connectivity index (χ0v) is 17.4. The van der Waals surface area contributed by atoms with Crippen LogP contribution in [0.1, 0.15) is 16.8 Å². The molecule has 0 atom stereocenters. The van der Waals surface area contributed by atoms with Crippen molar-refractivity contribution in [1.82, 2.24) is 9.97 Å². The number of nitrogens with zero attached hydrogens (tertiary/aromatic N) is 2. The molecule has 1 heterocycles. The van der Waals surface area contributed by atoms with Crippen LogP contribution in [0.25, 0.3) is 0 Å². The first kappa shape index (κ1) is 21.5. The van der Waals surface area contributed by atoms with Crippen LogP contribution in [0, 0.1) is 17.0 Å². The lowest BCUT2D eigenvalue weighted by atomic mass is 10.1. The molecule has 0 aliphatic rings. The monoisotopic (exact) mass is 444 g/mol. The highest BCUT2D eigenvalue weighted by Crippen LogP contribution is 2.20. The van der Waals surface area contributed by atoms with Gasteiger partial charge in [-0.3, -0.25) is 19.7 Å². The molecule has 2 N–H and O–H groups in total. The molecule has 0 aliphatic heterocycles. The van der Waals surface area contributed by atoms with Gasteiger partial charge in [0, 0.05) is 40.5 Å². The number of aryl methyl sites for hydroxylation is 1. The summed E-state index contributed by atoms with van der Waals surface area (Å²) in [5, 5.41) is 14.2. The summed E-state index contributed by atoms with van der Waals surface area (Å²) in [5.41, 5.74) is 2.02. The molecule has 0 saturated carbocycles. The molecule has 2 aromatic carbocycles. The van der Waals surface area contributed by atoms with E-state index in [9.17, 15) is 19.7 Å². The number of carbonyl (C=O) groups is 1.